The van der Waals surface area contributed by atoms with Crippen LogP contribution in [0.2, 0.25) is 0 Å². The van der Waals surface area contributed by atoms with Crippen molar-refractivity contribution in [1.29, 1.82) is 0 Å². The quantitative estimate of drug-likeness (QED) is 0.384. The highest BCUT2D eigenvalue weighted by Gasteiger charge is 2.36. The molecule has 0 atom stereocenters. The SMILES string of the molecule is COC(=O)/C(C)=C/[Si](OC)(OC)OC. The maximum atomic E-state index is 11.1. The number of esters is 1. The first kappa shape index (κ1) is 13.3. The summed E-state index contributed by atoms with van der Waals surface area (Å²) in [7, 11) is 2.91. The molecule has 0 aromatic carbocycles. The molecule has 0 heterocycles. The second kappa shape index (κ2) is 5.92. The Bertz CT molecular complexity index is 214. The van der Waals surface area contributed by atoms with E-state index in [0.717, 1.165) is 0 Å². The zero-order valence-electron chi connectivity index (χ0n) is 9.12. The molecule has 0 unspecified atom stereocenters. The standard InChI is InChI=1S/C8H16O5Si/c1-7(8(9)10-2)6-14(11-3,12-4)13-5/h6H,1-5H3/b7-6+. The van der Waals surface area contributed by atoms with Crippen LogP contribution in [-0.2, 0) is 22.8 Å². The van der Waals surface area contributed by atoms with Crippen LogP contribution in [0, 0.1) is 0 Å². The van der Waals surface area contributed by atoms with E-state index in [1.54, 1.807) is 12.6 Å². The van der Waals surface area contributed by atoms with Gasteiger partial charge >= 0.3 is 14.8 Å². The number of rotatable bonds is 5. The van der Waals surface area contributed by atoms with Crippen LogP contribution >= 0.6 is 0 Å². The molecule has 0 saturated carbocycles. The first-order valence-corrected chi connectivity index (χ1v) is 5.78. The summed E-state index contributed by atoms with van der Waals surface area (Å²) in [4.78, 5) is 11.1. The lowest BCUT2D eigenvalue weighted by Crippen LogP contribution is -2.41. The molecule has 5 nitrogen and oxygen atoms in total. The van der Waals surface area contributed by atoms with E-state index in [-0.39, 0.29) is 0 Å². The summed E-state index contributed by atoms with van der Waals surface area (Å²) < 4.78 is 19.9. The van der Waals surface area contributed by atoms with Crippen molar-refractivity contribution in [3.05, 3.63) is 11.3 Å². The van der Waals surface area contributed by atoms with Crippen LogP contribution in [0.25, 0.3) is 0 Å². The van der Waals surface area contributed by atoms with E-state index in [9.17, 15) is 4.79 Å². The molecule has 0 bridgehead atoms. The van der Waals surface area contributed by atoms with Gasteiger partial charge in [-0.3, -0.25) is 0 Å². The van der Waals surface area contributed by atoms with Crippen molar-refractivity contribution in [2.45, 2.75) is 6.92 Å². The predicted octanol–water partition coefficient (Wildman–Crippen LogP) is 0.523. The summed E-state index contributed by atoms with van der Waals surface area (Å²) in [5, 5.41) is 0. The van der Waals surface area contributed by atoms with Crippen LogP contribution in [0.1, 0.15) is 6.92 Å². The van der Waals surface area contributed by atoms with Crippen molar-refractivity contribution in [1.82, 2.24) is 0 Å². The molecule has 0 aliphatic heterocycles. The number of ether oxygens (including phenoxy) is 1. The number of hydrogen-bond donors (Lipinski definition) is 0. The normalized spacial score (nSPS) is 12.8. The van der Waals surface area contributed by atoms with Crippen LogP contribution < -0.4 is 0 Å². The van der Waals surface area contributed by atoms with Crippen molar-refractivity contribution in [3.63, 3.8) is 0 Å². The van der Waals surface area contributed by atoms with Crippen LogP contribution in [0.4, 0.5) is 0 Å². The Hall–Kier alpha value is -0.693. The summed E-state index contributed by atoms with van der Waals surface area (Å²) in [6, 6.07) is 0. The lowest BCUT2D eigenvalue weighted by molar-refractivity contribution is -0.136. The Morgan fingerprint density at radius 2 is 1.50 bits per heavy atom. The molecule has 0 aromatic rings. The lowest BCUT2D eigenvalue weighted by Gasteiger charge is -2.21. The first-order valence-electron chi connectivity index (χ1n) is 3.98. The van der Waals surface area contributed by atoms with E-state index in [0.29, 0.717) is 5.57 Å². The Morgan fingerprint density at radius 1 is 1.07 bits per heavy atom. The summed E-state index contributed by atoms with van der Waals surface area (Å²) in [6.45, 7) is 1.62. The van der Waals surface area contributed by atoms with Crippen molar-refractivity contribution < 1.29 is 22.8 Å². The zero-order valence-corrected chi connectivity index (χ0v) is 10.1. The molecule has 0 fully saturated rings. The fraction of sp³-hybridized carbons (Fsp3) is 0.625. The molecule has 0 aliphatic rings. The molecule has 0 spiro atoms. The number of carbonyl (C=O) groups is 1. The van der Waals surface area contributed by atoms with Gasteiger partial charge in [0.15, 0.2) is 0 Å². The second-order valence-electron chi connectivity index (χ2n) is 2.53. The van der Waals surface area contributed by atoms with Gasteiger partial charge in [0.25, 0.3) is 0 Å². The molecule has 0 N–H and O–H groups in total. The summed E-state index contributed by atoms with van der Waals surface area (Å²) in [5.74, 6) is -0.423. The zero-order chi connectivity index (χ0) is 11.2. The van der Waals surface area contributed by atoms with Gasteiger partial charge in [-0.05, 0) is 12.6 Å². The molecule has 0 saturated heterocycles. The second-order valence-corrected chi connectivity index (χ2v) is 5.26. The van der Waals surface area contributed by atoms with E-state index in [2.05, 4.69) is 4.74 Å². The average Bonchev–Trinajstić information content (AvgIpc) is 2.24. The minimum absolute atomic E-state index is 0.407. The van der Waals surface area contributed by atoms with E-state index in [1.165, 1.54) is 28.4 Å². The Balaban J connectivity index is 4.79. The fourth-order valence-corrected chi connectivity index (χ4v) is 2.41. The minimum atomic E-state index is -2.82. The number of methoxy groups -OCH3 is 1. The van der Waals surface area contributed by atoms with Crippen LogP contribution in [-0.4, -0.2) is 43.2 Å². The van der Waals surface area contributed by atoms with Crippen molar-refractivity contribution in [2.24, 2.45) is 0 Å². The third kappa shape index (κ3) is 3.22. The van der Waals surface area contributed by atoms with Crippen molar-refractivity contribution in [2.75, 3.05) is 28.4 Å². The highest BCUT2D eigenvalue weighted by atomic mass is 28.4. The molecule has 0 aliphatic carbocycles. The maximum absolute atomic E-state index is 11.1. The van der Waals surface area contributed by atoms with Crippen LogP contribution in [0.15, 0.2) is 11.3 Å². The predicted molar refractivity (Wildman–Crippen MR) is 52.6 cm³/mol. The Kier molecular flexibility index (Phi) is 5.62. The lowest BCUT2D eigenvalue weighted by atomic mass is 10.4. The number of carbonyl (C=O) groups excluding carboxylic acids is 1. The summed E-state index contributed by atoms with van der Waals surface area (Å²) in [6.07, 6.45) is 0. The molecular formula is C8H16O5Si. The number of hydrogen-bond acceptors (Lipinski definition) is 5. The Morgan fingerprint density at radius 3 is 1.79 bits per heavy atom. The fourth-order valence-electron chi connectivity index (χ4n) is 0.912. The average molecular weight is 220 g/mol. The van der Waals surface area contributed by atoms with Crippen molar-refractivity contribution in [3.8, 4) is 0 Å². The van der Waals surface area contributed by atoms with Gasteiger partial charge in [-0.15, -0.1) is 0 Å². The monoisotopic (exact) mass is 220 g/mol. The van der Waals surface area contributed by atoms with Crippen molar-refractivity contribution >= 4 is 14.8 Å². The third-order valence-corrected chi connectivity index (χ3v) is 4.25. The highest BCUT2D eigenvalue weighted by molar-refractivity contribution is 6.66. The first-order chi connectivity index (χ1) is 6.55. The molecule has 0 amide bonds. The van der Waals surface area contributed by atoms with Gasteiger partial charge in [0.2, 0.25) is 0 Å². The van der Waals surface area contributed by atoms with Gasteiger partial charge in [-0.1, -0.05) is 0 Å². The van der Waals surface area contributed by atoms with E-state index < -0.39 is 14.8 Å². The van der Waals surface area contributed by atoms with Gasteiger partial charge in [0, 0.05) is 26.9 Å². The van der Waals surface area contributed by atoms with Crippen LogP contribution in [0.3, 0.4) is 0 Å². The van der Waals surface area contributed by atoms with Crippen LogP contribution in [0.5, 0.6) is 0 Å². The molecule has 0 rings (SSSR count). The van der Waals surface area contributed by atoms with Gasteiger partial charge in [0.1, 0.15) is 0 Å². The third-order valence-electron chi connectivity index (χ3n) is 1.75. The van der Waals surface area contributed by atoms with Gasteiger partial charge < -0.3 is 18.0 Å². The van der Waals surface area contributed by atoms with Gasteiger partial charge in [-0.25, -0.2) is 4.79 Å². The summed E-state index contributed by atoms with van der Waals surface area (Å²) in [5.41, 5.74) is 1.95. The topological polar surface area (TPSA) is 54.0 Å². The largest absolute Gasteiger partial charge is 0.529 e. The smallest absolute Gasteiger partial charge is 0.466 e. The molecule has 14 heavy (non-hydrogen) atoms. The summed E-state index contributed by atoms with van der Waals surface area (Å²) >= 11 is 0. The molecular weight excluding hydrogens is 204 g/mol. The van der Waals surface area contributed by atoms with E-state index in [1.807, 2.05) is 0 Å². The minimum Gasteiger partial charge on any atom is -0.466 e. The van der Waals surface area contributed by atoms with Gasteiger partial charge in [-0.2, -0.15) is 0 Å². The van der Waals surface area contributed by atoms with E-state index in [4.69, 9.17) is 13.3 Å². The molecule has 6 heteroatoms. The molecule has 0 aromatic heterocycles. The Labute approximate surface area is 85.0 Å². The van der Waals surface area contributed by atoms with Gasteiger partial charge in [0.05, 0.1) is 7.11 Å². The molecule has 0 radical (unpaired) electrons. The molecule has 82 valence electrons. The highest BCUT2D eigenvalue weighted by Crippen LogP contribution is 2.11. The van der Waals surface area contributed by atoms with E-state index >= 15 is 0 Å². The maximum Gasteiger partial charge on any atom is 0.529 e.